The number of methoxy groups -OCH3 is 1. The van der Waals surface area contributed by atoms with E-state index in [1.165, 1.54) is 0 Å². The van der Waals surface area contributed by atoms with Gasteiger partial charge >= 0.3 is 0 Å². The van der Waals surface area contributed by atoms with Crippen LogP contribution in [-0.4, -0.2) is 35.7 Å². The zero-order chi connectivity index (χ0) is 22.8. The SMILES string of the molecule is COc1ccccc1OCCn1c(C2CC(=O)N(c3ccc(Br)cc3)C2)nc2ccccc21. The van der Waals surface area contributed by atoms with Crippen LogP contribution < -0.4 is 14.4 Å². The number of anilines is 1. The predicted molar refractivity (Wildman–Crippen MR) is 132 cm³/mol. The first-order valence-corrected chi connectivity index (χ1v) is 11.7. The number of carbonyl (C=O) groups excluding carboxylic acids is 1. The highest BCUT2D eigenvalue weighted by molar-refractivity contribution is 9.10. The van der Waals surface area contributed by atoms with E-state index in [1.54, 1.807) is 7.11 Å². The van der Waals surface area contributed by atoms with Crippen LogP contribution in [0.4, 0.5) is 5.69 Å². The Balaban J connectivity index is 1.40. The topological polar surface area (TPSA) is 56.6 Å². The summed E-state index contributed by atoms with van der Waals surface area (Å²) in [6, 6.07) is 23.6. The van der Waals surface area contributed by atoms with Crippen molar-refractivity contribution in [3.8, 4) is 11.5 Å². The minimum Gasteiger partial charge on any atom is -0.493 e. The Kier molecular flexibility index (Phi) is 6.05. The maximum Gasteiger partial charge on any atom is 0.227 e. The van der Waals surface area contributed by atoms with Crippen LogP contribution in [0.15, 0.2) is 77.3 Å². The van der Waals surface area contributed by atoms with Gasteiger partial charge in [-0.05, 0) is 48.5 Å². The van der Waals surface area contributed by atoms with Gasteiger partial charge in [0.15, 0.2) is 11.5 Å². The minimum absolute atomic E-state index is 0.0137. The second-order valence-corrected chi connectivity index (χ2v) is 8.91. The Bertz CT molecular complexity index is 1290. The van der Waals surface area contributed by atoms with Crippen molar-refractivity contribution in [3.63, 3.8) is 0 Å². The quantitative estimate of drug-likeness (QED) is 0.337. The highest BCUT2D eigenvalue weighted by Crippen LogP contribution is 2.34. The van der Waals surface area contributed by atoms with Crippen molar-refractivity contribution >= 4 is 38.6 Å². The number of para-hydroxylation sites is 4. The first kappa shape index (κ1) is 21.5. The van der Waals surface area contributed by atoms with Crippen LogP contribution in [0.2, 0.25) is 0 Å². The van der Waals surface area contributed by atoms with E-state index >= 15 is 0 Å². The number of halogens is 1. The molecule has 168 valence electrons. The standard InChI is InChI=1S/C26H24BrN3O3/c1-32-23-8-4-5-9-24(23)33-15-14-29-22-7-3-2-6-21(22)28-26(29)18-16-25(31)30(17-18)20-12-10-19(27)11-13-20/h2-13,18H,14-17H2,1H3. The molecular formula is C26H24BrN3O3. The molecule has 4 aromatic rings. The summed E-state index contributed by atoms with van der Waals surface area (Å²) in [6.45, 7) is 1.69. The van der Waals surface area contributed by atoms with Crippen molar-refractivity contribution in [2.24, 2.45) is 0 Å². The van der Waals surface area contributed by atoms with Crippen molar-refractivity contribution in [1.82, 2.24) is 9.55 Å². The summed E-state index contributed by atoms with van der Waals surface area (Å²) in [7, 11) is 1.64. The first-order valence-electron chi connectivity index (χ1n) is 10.9. The predicted octanol–water partition coefficient (Wildman–Crippen LogP) is 5.41. The van der Waals surface area contributed by atoms with Gasteiger partial charge in [0.2, 0.25) is 5.91 Å². The minimum atomic E-state index is 0.0137. The van der Waals surface area contributed by atoms with E-state index in [-0.39, 0.29) is 11.8 Å². The molecule has 1 aromatic heterocycles. The normalized spacial score (nSPS) is 15.9. The summed E-state index contributed by atoms with van der Waals surface area (Å²) in [5.74, 6) is 2.47. The molecule has 7 heteroatoms. The molecule has 1 amide bonds. The smallest absolute Gasteiger partial charge is 0.227 e. The first-order chi connectivity index (χ1) is 16.1. The zero-order valence-corrected chi connectivity index (χ0v) is 19.9. The third-order valence-electron chi connectivity index (χ3n) is 5.95. The van der Waals surface area contributed by atoms with Crippen molar-refractivity contribution in [2.45, 2.75) is 18.9 Å². The van der Waals surface area contributed by atoms with Gasteiger partial charge in [0.05, 0.1) is 24.7 Å². The number of rotatable bonds is 7. The van der Waals surface area contributed by atoms with Crippen LogP contribution in [-0.2, 0) is 11.3 Å². The van der Waals surface area contributed by atoms with Gasteiger partial charge in [-0.15, -0.1) is 0 Å². The van der Waals surface area contributed by atoms with Crippen LogP contribution in [0, 0.1) is 0 Å². The molecule has 0 bridgehead atoms. The molecule has 6 nitrogen and oxygen atoms in total. The van der Waals surface area contributed by atoms with Crippen LogP contribution in [0.5, 0.6) is 11.5 Å². The van der Waals surface area contributed by atoms with E-state index in [2.05, 4.69) is 26.6 Å². The molecule has 1 aliphatic rings. The second-order valence-electron chi connectivity index (χ2n) is 7.99. The molecule has 33 heavy (non-hydrogen) atoms. The fourth-order valence-corrected chi connectivity index (χ4v) is 4.64. The van der Waals surface area contributed by atoms with Crippen molar-refractivity contribution in [2.75, 3.05) is 25.2 Å². The Hall–Kier alpha value is -3.32. The van der Waals surface area contributed by atoms with Crippen molar-refractivity contribution in [1.29, 1.82) is 0 Å². The molecule has 0 aliphatic carbocycles. The summed E-state index contributed by atoms with van der Waals surface area (Å²) in [5, 5.41) is 0. The molecular weight excluding hydrogens is 482 g/mol. The molecule has 0 N–H and O–H groups in total. The number of fused-ring (bicyclic) bond motifs is 1. The van der Waals surface area contributed by atoms with E-state index in [0.29, 0.717) is 37.6 Å². The summed E-state index contributed by atoms with van der Waals surface area (Å²) in [5.41, 5.74) is 2.89. The number of nitrogens with zero attached hydrogens (tertiary/aromatic N) is 3. The third kappa shape index (κ3) is 4.33. The lowest BCUT2D eigenvalue weighted by atomic mass is 10.1. The van der Waals surface area contributed by atoms with Crippen LogP contribution in [0.1, 0.15) is 18.2 Å². The molecule has 3 aromatic carbocycles. The second kappa shape index (κ2) is 9.27. The number of hydrogen-bond acceptors (Lipinski definition) is 4. The van der Waals surface area contributed by atoms with Gasteiger partial charge < -0.3 is 18.9 Å². The van der Waals surface area contributed by atoms with E-state index in [9.17, 15) is 4.79 Å². The molecule has 0 radical (unpaired) electrons. The van der Waals surface area contributed by atoms with Crippen molar-refractivity contribution in [3.05, 3.63) is 83.1 Å². The Morgan fingerprint density at radius 1 is 1.00 bits per heavy atom. The molecule has 1 unspecified atom stereocenters. The number of hydrogen-bond donors (Lipinski definition) is 0. The fraction of sp³-hybridized carbons (Fsp3) is 0.231. The van der Waals surface area contributed by atoms with Gasteiger partial charge in [-0.3, -0.25) is 4.79 Å². The van der Waals surface area contributed by atoms with E-state index in [0.717, 1.165) is 27.0 Å². The molecule has 0 spiro atoms. The van der Waals surface area contributed by atoms with Crippen molar-refractivity contribution < 1.29 is 14.3 Å². The fourth-order valence-electron chi connectivity index (χ4n) is 4.38. The zero-order valence-electron chi connectivity index (χ0n) is 18.3. The third-order valence-corrected chi connectivity index (χ3v) is 6.48. The lowest BCUT2D eigenvalue weighted by molar-refractivity contribution is -0.117. The van der Waals surface area contributed by atoms with Gasteiger partial charge in [-0.2, -0.15) is 0 Å². The lowest BCUT2D eigenvalue weighted by Gasteiger charge is -2.18. The summed E-state index contributed by atoms with van der Waals surface area (Å²) < 4.78 is 14.6. The summed E-state index contributed by atoms with van der Waals surface area (Å²) in [6.07, 6.45) is 0.437. The molecule has 1 atom stereocenters. The summed E-state index contributed by atoms with van der Waals surface area (Å²) >= 11 is 3.46. The highest BCUT2D eigenvalue weighted by Gasteiger charge is 2.34. The molecule has 0 saturated carbocycles. The maximum absolute atomic E-state index is 12.9. The highest BCUT2D eigenvalue weighted by atomic mass is 79.9. The largest absolute Gasteiger partial charge is 0.493 e. The Morgan fingerprint density at radius 2 is 1.73 bits per heavy atom. The van der Waals surface area contributed by atoms with Gasteiger partial charge in [0.1, 0.15) is 12.4 Å². The van der Waals surface area contributed by atoms with Crippen LogP contribution in [0.25, 0.3) is 11.0 Å². The van der Waals surface area contributed by atoms with Gasteiger partial charge in [0, 0.05) is 29.0 Å². The number of carbonyl (C=O) groups is 1. The average Bonchev–Trinajstić information content (AvgIpc) is 3.40. The van der Waals surface area contributed by atoms with Gasteiger partial charge in [-0.1, -0.05) is 40.2 Å². The molecule has 1 aliphatic heterocycles. The van der Waals surface area contributed by atoms with Gasteiger partial charge in [-0.25, -0.2) is 4.98 Å². The Morgan fingerprint density at radius 3 is 2.52 bits per heavy atom. The Labute approximate surface area is 200 Å². The average molecular weight is 506 g/mol. The molecule has 5 rings (SSSR count). The lowest BCUT2D eigenvalue weighted by Crippen LogP contribution is -2.24. The van der Waals surface area contributed by atoms with Gasteiger partial charge in [0.25, 0.3) is 0 Å². The van der Waals surface area contributed by atoms with E-state index in [4.69, 9.17) is 14.5 Å². The number of benzene rings is 3. The monoisotopic (exact) mass is 505 g/mol. The number of aromatic nitrogens is 2. The van der Waals surface area contributed by atoms with E-state index in [1.807, 2.05) is 71.6 Å². The number of ether oxygens (including phenoxy) is 2. The molecule has 1 saturated heterocycles. The molecule has 1 fully saturated rings. The molecule has 2 heterocycles. The number of imidazole rings is 1. The summed E-state index contributed by atoms with van der Waals surface area (Å²) in [4.78, 5) is 19.7. The van der Waals surface area contributed by atoms with Crippen LogP contribution in [0.3, 0.4) is 0 Å². The number of amides is 1. The van der Waals surface area contributed by atoms with E-state index < -0.39 is 0 Å². The van der Waals surface area contributed by atoms with Crippen LogP contribution >= 0.6 is 15.9 Å². The maximum atomic E-state index is 12.9.